The molecule has 2 aromatic carbocycles. The number of hydrogen-bond donors (Lipinski definition) is 2. The van der Waals surface area contributed by atoms with Crippen molar-refractivity contribution in [2.24, 2.45) is 5.92 Å². The third-order valence-corrected chi connectivity index (χ3v) is 5.96. The standard InChI is InChI=1S/C25H26ClN3O4/c1-16-5-7-19(8-6-16)28-25(31)23-14-22(33-29-23)15-32-21-11-9-20(10-12-21)27-24(30)17-3-2-4-18(26)13-17/h2-4,9-14,16,19H,5-8,15H2,1H3,(H,27,30)(H,28,31). The van der Waals surface area contributed by atoms with Crippen LogP contribution in [0.4, 0.5) is 5.69 Å². The first-order valence-electron chi connectivity index (χ1n) is 11.0. The number of anilines is 1. The predicted octanol–water partition coefficient (Wildman–Crippen LogP) is 5.47. The molecule has 0 spiro atoms. The van der Waals surface area contributed by atoms with Crippen molar-refractivity contribution < 1.29 is 18.8 Å². The minimum atomic E-state index is -0.249. The average Bonchev–Trinajstić information content (AvgIpc) is 3.29. The number of nitrogens with zero attached hydrogens (tertiary/aromatic N) is 1. The molecule has 2 amide bonds. The first-order valence-corrected chi connectivity index (χ1v) is 11.4. The number of aromatic nitrogens is 1. The van der Waals surface area contributed by atoms with Crippen LogP contribution >= 0.6 is 11.6 Å². The maximum Gasteiger partial charge on any atom is 0.273 e. The number of amides is 2. The van der Waals surface area contributed by atoms with E-state index in [9.17, 15) is 9.59 Å². The van der Waals surface area contributed by atoms with Gasteiger partial charge in [-0.1, -0.05) is 29.7 Å². The van der Waals surface area contributed by atoms with E-state index in [-0.39, 0.29) is 30.2 Å². The summed E-state index contributed by atoms with van der Waals surface area (Å²) in [7, 11) is 0. The topological polar surface area (TPSA) is 93.5 Å². The molecule has 7 nitrogen and oxygen atoms in total. The zero-order valence-electron chi connectivity index (χ0n) is 18.3. The highest BCUT2D eigenvalue weighted by Crippen LogP contribution is 2.24. The van der Waals surface area contributed by atoms with Crippen molar-refractivity contribution >= 4 is 29.1 Å². The Hall–Kier alpha value is -3.32. The summed E-state index contributed by atoms with van der Waals surface area (Å²) in [5, 5.41) is 10.2. The normalized spacial score (nSPS) is 17.9. The Balaban J connectivity index is 1.26. The van der Waals surface area contributed by atoms with Crippen molar-refractivity contribution in [1.29, 1.82) is 0 Å². The van der Waals surface area contributed by atoms with Crippen LogP contribution in [0.15, 0.2) is 59.1 Å². The molecular weight excluding hydrogens is 442 g/mol. The largest absolute Gasteiger partial charge is 0.486 e. The number of carbonyl (C=O) groups is 2. The van der Waals surface area contributed by atoms with Crippen LogP contribution in [0.5, 0.6) is 5.75 Å². The number of hydrogen-bond acceptors (Lipinski definition) is 5. The molecule has 8 heteroatoms. The lowest BCUT2D eigenvalue weighted by molar-refractivity contribution is 0.0913. The Bertz CT molecular complexity index is 1100. The lowest BCUT2D eigenvalue weighted by Crippen LogP contribution is -2.37. The van der Waals surface area contributed by atoms with E-state index in [4.69, 9.17) is 20.9 Å². The molecular formula is C25H26ClN3O4. The lowest BCUT2D eigenvalue weighted by atomic mass is 9.87. The van der Waals surface area contributed by atoms with Crippen molar-refractivity contribution in [2.75, 3.05) is 5.32 Å². The number of rotatable bonds is 7. The Morgan fingerprint density at radius 3 is 2.55 bits per heavy atom. The Kier molecular flexibility index (Phi) is 7.29. The van der Waals surface area contributed by atoms with Gasteiger partial charge in [0.05, 0.1) is 0 Å². The molecule has 0 atom stereocenters. The molecule has 0 saturated heterocycles. The molecule has 4 rings (SSSR count). The fourth-order valence-electron chi connectivity index (χ4n) is 3.77. The Morgan fingerprint density at radius 1 is 1.06 bits per heavy atom. The molecule has 1 aromatic heterocycles. The summed E-state index contributed by atoms with van der Waals surface area (Å²) in [5.41, 5.74) is 1.36. The van der Waals surface area contributed by atoms with Crippen LogP contribution in [0.2, 0.25) is 5.02 Å². The second-order valence-corrected chi connectivity index (χ2v) is 8.82. The number of halogens is 1. The fraction of sp³-hybridized carbons (Fsp3) is 0.320. The van der Waals surface area contributed by atoms with E-state index >= 15 is 0 Å². The highest BCUT2D eigenvalue weighted by molar-refractivity contribution is 6.31. The predicted molar refractivity (Wildman–Crippen MR) is 126 cm³/mol. The Morgan fingerprint density at radius 2 is 1.82 bits per heavy atom. The SMILES string of the molecule is CC1CCC(NC(=O)c2cc(COc3ccc(NC(=O)c4cccc(Cl)c4)cc3)on2)CC1. The minimum Gasteiger partial charge on any atom is -0.486 e. The van der Waals surface area contributed by atoms with E-state index in [1.165, 1.54) is 0 Å². The second kappa shape index (κ2) is 10.5. The van der Waals surface area contributed by atoms with Gasteiger partial charge in [-0.15, -0.1) is 0 Å². The molecule has 0 radical (unpaired) electrons. The summed E-state index contributed by atoms with van der Waals surface area (Å²) in [6.45, 7) is 2.38. The molecule has 172 valence electrons. The number of carbonyl (C=O) groups excluding carboxylic acids is 2. The maximum absolute atomic E-state index is 12.4. The molecule has 0 bridgehead atoms. The molecule has 1 fully saturated rings. The smallest absolute Gasteiger partial charge is 0.273 e. The third kappa shape index (κ3) is 6.35. The van der Waals surface area contributed by atoms with Crippen LogP contribution in [-0.2, 0) is 6.61 Å². The highest BCUT2D eigenvalue weighted by Gasteiger charge is 2.22. The van der Waals surface area contributed by atoms with Gasteiger partial charge in [-0.2, -0.15) is 0 Å². The molecule has 0 unspecified atom stereocenters. The van der Waals surface area contributed by atoms with Gasteiger partial charge in [0.2, 0.25) is 0 Å². The van der Waals surface area contributed by atoms with Crippen molar-refractivity contribution in [3.05, 3.63) is 76.6 Å². The van der Waals surface area contributed by atoms with Gasteiger partial charge in [0.15, 0.2) is 11.5 Å². The summed E-state index contributed by atoms with van der Waals surface area (Å²) < 4.78 is 11.0. The molecule has 3 aromatic rings. The van der Waals surface area contributed by atoms with Crippen LogP contribution in [0.1, 0.15) is 59.2 Å². The van der Waals surface area contributed by atoms with Crippen molar-refractivity contribution in [1.82, 2.24) is 10.5 Å². The van der Waals surface area contributed by atoms with Gasteiger partial charge in [0.1, 0.15) is 12.4 Å². The van der Waals surface area contributed by atoms with Gasteiger partial charge in [0.25, 0.3) is 11.8 Å². The zero-order valence-corrected chi connectivity index (χ0v) is 19.1. The average molecular weight is 468 g/mol. The quantitative estimate of drug-likeness (QED) is 0.480. The van der Waals surface area contributed by atoms with Gasteiger partial charge in [-0.3, -0.25) is 9.59 Å². The number of ether oxygens (including phenoxy) is 1. The van der Waals surface area contributed by atoms with E-state index < -0.39 is 0 Å². The van der Waals surface area contributed by atoms with E-state index in [1.807, 2.05) is 0 Å². The summed E-state index contributed by atoms with van der Waals surface area (Å²) in [6.07, 6.45) is 4.25. The van der Waals surface area contributed by atoms with Crippen LogP contribution in [0.25, 0.3) is 0 Å². The van der Waals surface area contributed by atoms with Crippen LogP contribution < -0.4 is 15.4 Å². The fourth-order valence-corrected chi connectivity index (χ4v) is 3.96. The van der Waals surface area contributed by atoms with E-state index in [1.54, 1.807) is 54.6 Å². The third-order valence-electron chi connectivity index (χ3n) is 5.72. The molecule has 1 saturated carbocycles. The monoisotopic (exact) mass is 467 g/mol. The summed E-state index contributed by atoms with van der Waals surface area (Å²) >= 11 is 5.93. The van der Waals surface area contributed by atoms with E-state index in [0.717, 1.165) is 31.6 Å². The summed E-state index contributed by atoms with van der Waals surface area (Å²) in [6, 6.07) is 15.5. The van der Waals surface area contributed by atoms with Crippen LogP contribution in [0.3, 0.4) is 0 Å². The number of benzene rings is 2. The molecule has 33 heavy (non-hydrogen) atoms. The lowest BCUT2D eigenvalue weighted by Gasteiger charge is -2.26. The molecule has 0 aliphatic heterocycles. The van der Waals surface area contributed by atoms with E-state index in [0.29, 0.717) is 27.8 Å². The van der Waals surface area contributed by atoms with Gasteiger partial charge in [-0.25, -0.2) is 0 Å². The molecule has 1 aliphatic carbocycles. The second-order valence-electron chi connectivity index (χ2n) is 8.39. The van der Waals surface area contributed by atoms with Gasteiger partial charge >= 0.3 is 0 Å². The molecule has 1 heterocycles. The van der Waals surface area contributed by atoms with Crippen molar-refractivity contribution in [2.45, 2.75) is 45.3 Å². The van der Waals surface area contributed by atoms with Gasteiger partial charge < -0.3 is 19.9 Å². The first kappa shape index (κ1) is 22.9. The maximum atomic E-state index is 12.4. The first-order chi connectivity index (χ1) is 16.0. The van der Waals surface area contributed by atoms with E-state index in [2.05, 4.69) is 22.7 Å². The van der Waals surface area contributed by atoms with Crippen molar-refractivity contribution in [3.63, 3.8) is 0 Å². The van der Waals surface area contributed by atoms with Gasteiger partial charge in [-0.05, 0) is 74.1 Å². The minimum absolute atomic E-state index is 0.134. The van der Waals surface area contributed by atoms with Gasteiger partial charge in [0, 0.05) is 28.4 Å². The molecule has 1 aliphatic rings. The van der Waals surface area contributed by atoms with Crippen molar-refractivity contribution in [3.8, 4) is 5.75 Å². The highest BCUT2D eigenvalue weighted by atomic mass is 35.5. The zero-order chi connectivity index (χ0) is 23.2. The van der Waals surface area contributed by atoms with Crippen LogP contribution in [0, 0.1) is 5.92 Å². The summed E-state index contributed by atoms with van der Waals surface area (Å²) in [5.74, 6) is 1.30. The Labute approximate surface area is 197 Å². The number of nitrogens with one attached hydrogen (secondary N) is 2. The summed E-state index contributed by atoms with van der Waals surface area (Å²) in [4.78, 5) is 24.7. The van der Waals surface area contributed by atoms with Crippen LogP contribution in [-0.4, -0.2) is 23.0 Å². The molecule has 2 N–H and O–H groups in total.